The molecule has 1 atom stereocenters. The fourth-order valence-electron chi connectivity index (χ4n) is 4.01. The predicted octanol–water partition coefficient (Wildman–Crippen LogP) is 9.11. The summed E-state index contributed by atoms with van der Waals surface area (Å²) in [5.74, 6) is 0.547. The van der Waals surface area contributed by atoms with Crippen LogP contribution in [0.3, 0.4) is 0 Å². The molecule has 1 fully saturated rings. The molecule has 0 radical (unpaired) electrons. The van der Waals surface area contributed by atoms with Gasteiger partial charge in [0.2, 0.25) is 0 Å². The van der Waals surface area contributed by atoms with E-state index in [0.29, 0.717) is 12.5 Å². The largest absolute Gasteiger partial charge is 4.00 e. The SMILES string of the molecule is Cc1cc(C)cc([N-]Cc2cccc(C3[CH-]CCC3)n2)c1.[CH2-]c1ccccc1.[CH2-]c1ccccc1.[Hf+4]. The molecule has 0 aliphatic heterocycles. The van der Waals surface area contributed by atoms with Gasteiger partial charge in [-0.2, -0.15) is 55.7 Å². The molecule has 0 spiro atoms. The summed E-state index contributed by atoms with van der Waals surface area (Å²) in [5, 5.41) is 4.69. The zero-order valence-electron chi connectivity index (χ0n) is 21.5. The Morgan fingerprint density at radius 1 is 0.806 bits per heavy atom. The maximum absolute atomic E-state index is 4.79. The van der Waals surface area contributed by atoms with Crippen LogP contribution in [0, 0.1) is 34.1 Å². The smallest absolute Gasteiger partial charge is 0.679 e. The number of aromatic nitrogens is 1. The van der Waals surface area contributed by atoms with E-state index in [0.717, 1.165) is 22.5 Å². The van der Waals surface area contributed by atoms with Crippen LogP contribution < -0.4 is 0 Å². The predicted molar refractivity (Wildman–Crippen MR) is 150 cm³/mol. The van der Waals surface area contributed by atoms with Gasteiger partial charge in [0, 0.05) is 11.4 Å². The van der Waals surface area contributed by atoms with Crippen molar-refractivity contribution in [3.63, 3.8) is 0 Å². The van der Waals surface area contributed by atoms with Crippen molar-refractivity contribution in [2.24, 2.45) is 0 Å². The first-order chi connectivity index (χ1) is 17.0. The molecule has 2 nitrogen and oxygen atoms in total. The number of hydrogen-bond donors (Lipinski definition) is 0. The summed E-state index contributed by atoms with van der Waals surface area (Å²) in [5.41, 5.74) is 7.98. The Balaban J connectivity index is 0.000000249. The van der Waals surface area contributed by atoms with Crippen molar-refractivity contribution >= 4 is 5.69 Å². The van der Waals surface area contributed by atoms with Gasteiger partial charge in [0.05, 0.1) is 0 Å². The van der Waals surface area contributed by atoms with Crippen molar-refractivity contribution in [3.05, 3.63) is 156 Å². The van der Waals surface area contributed by atoms with Gasteiger partial charge in [-0.05, 0) is 26.0 Å². The van der Waals surface area contributed by atoms with E-state index in [4.69, 9.17) is 10.3 Å². The summed E-state index contributed by atoms with van der Waals surface area (Å²) < 4.78 is 0. The Kier molecular flexibility index (Phi) is 13.1. The van der Waals surface area contributed by atoms with Crippen molar-refractivity contribution in [3.8, 4) is 0 Å². The summed E-state index contributed by atoms with van der Waals surface area (Å²) in [7, 11) is 0. The Morgan fingerprint density at radius 3 is 1.86 bits per heavy atom. The molecule has 3 heteroatoms. The fourth-order valence-corrected chi connectivity index (χ4v) is 4.01. The van der Waals surface area contributed by atoms with E-state index >= 15 is 0 Å². The molecule has 5 rings (SSSR count). The monoisotopic (exact) mass is 640 g/mol. The average Bonchev–Trinajstić information content (AvgIpc) is 3.40. The zero-order chi connectivity index (χ0) is 24.9. The van der Waals surface area contributed by atoms with Gasteiger partial charge in [0.25, 0.3) is 0 Å². The molecular weight excluding hydrogens is 603 g/mol. The van der Waals surface area contributed by atoms with Crippen LogP contribution in [-0.4, -0.2) is 4.98 Å². The van der Waals surface area contributed by atoms with Crippen LogP contribution >= 0.6 is 0 Å². The number of rotatable bonds is 4. The van der Waals surface area contributed by atoms with Crippen LogP contribution in [-0.2, 0) is 32.4 Å². The van der Waals surface area contributed by atoms with E-state index in [1.54, 1.807) is 0 Å². The molecule has 1 aromatic heterocycles. The second kappa shape index (κ2) is 16.1. The van der Waals surface area contributed by atoms with E-state index in [1.165, 1.54) is 36.1 Å². The molecular formula is C33H36HfN2. The van der Waals surface area contributed by atoms with E-state index in [-0.39, 0.29) is 25.8 Å². The molecule has 0 amide bonds. The third kappa shape index (κ3) is 10.9. The van der Waals surface area contributed by atoms with Gasteiger partial charge in [-0.25, -0.2) is 0 Å². The second-order valence-electron chi connectivity index (χ2n) is 8.96. The fraction of sp³-hybridized carbons (Fsp3) is 0.212. The summed E-state index contributed by atoms with van der Waals surface area (Å²) in [4.78, 5) is 4.79. The van der Waals surface area contributed by atoms with Gasteiger partial charge in [-0.1, -0.05) is 66.9 Å². The molecule has 1 aliphatic rings. The third-order valence-electron chi connectivity index (χ3n) is 5.69. The average molecular weight is 639 g/mol. The maximum atomic E-state index is 4.79. The van der Waals surface area contributed by atoms with Gasteiger partial charge >= 0.3 is 25.8 Å². The van der Waals surface area contributed by atoms with Crippen molar-refractivity contribution in [1.82, 2.24) is 4.98 Å². The normalized spacial score (nSPS) is 13.8. The molecule has 0 N–H and O–H groups in total. The first-order valence-electron chi connectivity index (χ1n) is 12.3. The van der Waals surface area contributed by atoms with Crippen molar-refractivity contribution in [1.29, 1.82) is 0 Å². The van der Waals surface area contributed by atoms with Crippen LogP contribution in [0.25, 0.3) is 5.32 Å². The van der Waals surface area contributed by atoms with Crippen LogP contribution in [0.1, 0.15) is 58.8 Å². The maximum Gasteiger partial charge on any atom is 4.00 e. The standard InChI is InChI=1S/C19H22N2.2C7H7.Hf/c1-14-10-15(2)12-18(11-14)20-13-17-8-5-9-19(21-17)16-6-3-4-7-16;2*1-7-5-3-2-4-6-7;/h5-6,8-12,16H,3-4,7,13H2,1-2H3;2*2-6H,1H2;/q-2;2*-1;+4. The summed E-state index contributed by atoms with van der Waals surface area (Å²) in [6, 6.07) is 32.5. The van der Waals surface area contributed by atoms with E-state index in [2.05, 4.69) is 70.5 Å². The minimum absolute atomic E-state index is 0. The molecule has 1 heterocycles. The molecule has 1 aliphatic carbocycles. The molecule has 4 aromatic rings. The Bertz CT molecular complexity index is 1080. The first-order valence-corrected chi connectivity index (χ1v) is 12.3. The summed E-state index contributed by atoms with van der Waals surface area (Å²) >= 11 is 0. The molecule has 3 aromatic carbocycles. The van der Waals surface area contributed by atoms with Crippen molar-refractivity contribution < 1.29 is 25.8 Å². The number of aryl methyl sites for hydroxylation is 2. The van der Waals surface area contributed by atoms with Crippen LogP contribution in [0.5, 0.6) is 0 Å². The zero-order valence-corrected chi connectivity index (χ0v) is 25.1. The Hall–Kier alpha value is -2.78. The van der Waals surface area contributed by atoms with Crippen molar-refractivity contribution in [2.45, 2.75) is 45.6 Å². The molecule has 1 unspecified atom stereocenters. The van der Waals surface area contributed by atoms with Crippen molar-refractivity contribution in [2.75, 3.05) is 0 Å². The van der Waals surface area contributed by atoms with E-state index in [9.17, 15) is 0 Å². The Morgan fingerprint density at radius 2 is 1.39 bits per heavy atom. The van der Waals surface area contributed by atoms with Gasteiger partial charge < -0.3 is 11.7 Å². The minimum Gasteiger partial charge on any atom is -0.679 e. The molecule has 0 bridgehead atoms. The van der Waals surface area contributed by atoms with Gasteiger partial charge in [0.15, 0.2) is 0 Å². The molecule has 1 saturated carbocycles. The number of nitrogens with zero attached hydrogens (tertiary/aromatic N) is 2. The van der Waals surface area contributed by atoms with E-state index < -0.39 is 0 Å². The second-order valence-corrected chi connectivity index (χ2v) is 8.96. The van der Waals surface area contributed by atoms with Crippen LogP contribution in [0.2, 0.25) is 0 Å². The molecule has 36 heavy (non-hydrogen) atoms. The number of hydrogen-bond acceptors (Lipinski definition) is 1. The van der Waals surface area contributed by atoms with Crippen LogP contribution in [0.4, 0.5) is 5.69 Å². The molecule has 0 saturated heterocycles. The van der Waals surface area contributed by atoms with Gasteiger partial charge in [-0.3, -0.25) is 4.98 Å². The third-order valence-corrected chi connectivity index (χ3v) is 5.69. The topological polar surface area (TPSA) is 27.0 Å². The first kappa shape index (κ1) is 29.5. The summed E-state index contributed by atoms with van der Waals surface area (Å²) in [6.07, 6.45) is 6.16. The van der Waals surface area contributed by atoms with Crippen LogP contribution in [0.15, 0.2) is 97.1 Å². The van der Waals surface area contributed by atoms with Gasteiger partial charge in [0.1, 0.15) is 0 Å². The number of benzene rings is 3. The summed E-state index contributed by atoms with van der Waals surface area (Å²) in [6.45, 7) is 12.3. The Labute approximate surface area is 237 Å². The van der Waals surface area contributed by atoms with Gasteiger partial charge in [-0.15, -0.1) is 35.9 Å². The number of pyridine rings is 1. The molecule has 182 valence electrons. The van der Waals surface area contributed by atoms with E-state index in [1.807, 2.05) is 60.7 Å². The minimum atomic E-state index is 0. The quantitative estimate of drug-likeness (QED) is 0.162.